The molecule has 0 bridgehead atoms. The van der Waals surface area contributed by atoms with Crippen molar-refractivity contribution in [3.05, 3.63) is 70.2 Å². The molecule has 140 valence electrons. The van der Waals surface area contributed by atoms with Gasteiger partial charge >= 0.3 is 0 Å². The van der Waals surface area contributed by atoms with Gasteiger partial charge in [0.1, 0.15) is 0 Å². The van der Waals surface area contributed by atoms with Crippen LogP contribution in [0.5, 0.6) is 0 Å². The van der Waals surface area contributed by atoms with Crippen molar-refractivity contribution in [1.82, 2.24) is 10.2 Å². The van der Waals surface area contributed by atoms with Crippen LogP contribution < -0.4 is 5.32 Å². The first-order chi connectivity index (χ1) is 13.0. The summed E-state index contributed by atoms with van der Waals surface area (Å²) in [5.74, 6) is -0.187. The van der Waals surface area contributed by atoms with E-state index < -0.39 is 0 Å². The molecule has 5 heteroatoms. The van der Waals surface area contributed by atoms with Crippen LogP contribution in [-0.4, -0.2) is 35.8 Å². The fraction of sp³-hybridized carbons (Fsp3) is 0.364. The third-order valence-corrected chi connectivity index (χ3v) is 5.80. The molecule has 0 spiro atoms. The summed E-state index contributed by atoms with van der Waals surface area (Å²) in [6.45, 7) is 3.06. The fourth-order valence-corrected chi connectivity index (χ4v) is 3.99. The number of hydrogen-bond donors (Lipinski definition) is 1. The molecule has 1 saturated carbocycles. The van der Waals surface area contributed by atoms with Crippen molar-refractivity contribution >= 4 is 23.4 Å². The van der Waals surface area contributed by atoms with Gasteiger partial charge in [-0.1, -0.05) is 35.9 Å². The predicted molar refractivity (Wildman–Crippen MR) is 106 cm³/mol. The van der Waals surface area contributed by atoms with Crippen LogP contribution in [0.25, 0.3) is 0 Å². The number of nitrogens with zero attached hydrogens (tertiary/aromatic N) is 1. The van der Waals surface area contributed by atoms with Crippen LogP contribution in [0, 0.1) is 12.8 Å². The average Bonchev–Trinajstić information content (AvgIpc) is 3.36. The van der Waals surface area contributed by atoms with Gasteiger partial charge in [0.25, 0.3) is 5.91 Å². The molecule has 1 aliphatic heterocycles. The minimum Gasteiger partial charge on any atom is -0.353 e. The lowest BCUT2D eigenvalue weighted by Crippen LogP contribution is -2.36. The van der Waals surface area contributed by atoms with Crippen LogP contribution in [0.3, 0.4) is 0 Å². The highest BCUT2D eigenvalue weighted by Crippen LogP contribution is 2.36. The Morgan fingerprint density at radius 2 is 1.74 bits per heavy atom. The van der Waals surface area contributed by atoms with Crippen molar-refractivity contribution in [3.63, 3.8) is 0 Å². The van der Waals surface area contributed by atoms with Crippen LogP contribution >= 0.6 is 11.6 Å². The Balaban J connectivity index is 1.60. The zero-order valence-corrected chi connectivity index (χ0v) is 16.1. The lowest BCUT2D eigenvalue weighted by Gasteiger charge is -2.19. The normalized spacial score (nSPS) is 21.9. The molecule has 1 heterocycles. The highest BCUT2D eigenvalue weighted by molar-refractivity contribution is 6.30. The summed E-state index contributed by atoms with van der Waals surface area (Å²) in [6, 6.07) is 15.4. The molecule has 1 N–H and O–H groups in total. The second-order valence-corrected chi connectivity index (χ2v) is 8.01. The van der Waals surface area contributed by atoms with E-state index in [4.69, 9.17) is 11.6 Å². The van der Waals surface area contributed by atoms with Gasteiger partial charge in [-0.15, -0.1) is 0 Å². The Bertz CT molecular complexity index is 861. The maximum Gasteiger partial charge on any atom is 0.253 e. The molecule has 0 radical (unpaired) electrons. The lowest BCUT2D eigenvalue weighted by molar-refractivity contribution is -0.125. The molecule has 2 aromatic carbocycles. The second-order valence-electron chi connectivity index (χ2n) is 7.57. The first-order valence-electron chi connectivity index (χ1n) is 9.43. The predicted octanol–water partition coefficient (Wildman–Crippen LogP) is 3.78. The van der Waals surface area contributed by atoms with E-state index in [0.29, 0.717) is 29.7 Å². The Hall–Kier alpha value is -2.33. The van der Waals surface area contributed by atoms with E-state index >= 15 is 0 Å². The largest absolute Gasteiger partial charge is 0.353 e. The van der Waals surface area contributed by atoms with E-state index in [1.165, 1.54) is 0 Å². The summed E-state index contributed by atoms with van der Waals surface area (Å²) in [4.78, 5) is 27.7. The van der Waals surface area contributed by atoms with Crippen molar-refractivity contribution in [1.29, 1.82) is 0 Å². The summed E-state index contributed by atoms with van der Waals surface area (Å²) < 4.78 is 0. The molecule has 2 unspecified atom stereocenters. The molecule has 2 fully saturated rings. The van der Waals surface area contributed by atoms with E-state index in [1.807, 2.05) is 12.1 Å². The van der Waals surface area contributed by atoms with Crippen molar-refractivity contribution in [3.8, 4) is 0 Å². The Morgan fingerprint density at radius 1 is 1.04 bits per heavy atom. The molecule has 2 aromatic rings. The monoisotopic (exact) mass is 382 g/mol. The summed E-state index contributed by atoms with van der Waals surface area (Å²) >= 11 is 5.94. The second kappa shape index (κ2) is 7.35. The number of nitrogens with one attached hydrogen (secondary N) is 1. The van der Waals surface area contributed by atoms with Crippen LogP contribution in [0.4, 0.5) is 0 Å². The summed E-state index contributed by atoms with van der Waals surface area (Å²) in [5, 5.41) is 3.73. The minimum absolute atomic E-state index is 0.0150. The lowest BCUT2D eigenvalue weighted by atomic mass is 9.86. The fourth-order valence-electron chi connectivity index (χ4n) is 3.86. The van der Waals surface area contributed by atoms with Crippen LogP contribution in [-0.2, 0) is 4.79 Å². The Morgan fingerprint density at radius 3 is 2.41 bits per heavy atom. The van der Waals surface area contributed by atoms with Crippen LogP contribution in [0.2, 0.25) is 5.02 Å². The van der Waals surface area contributed by atoms with Gasteiger partial charge in [0, 0.05) is 35.6 Å². The Labute approximate surface area is 164 Å². The summed E-state index contributed by atoms with van der Waals surface area (Å²) in [6.07, 6.45) is 2.11. The first-order valence-corrected chi connectivity index (χ1v) is 9.81. The van der Waals surface area contributed by atoms with E-state index in [0.717, 1.165) is 24.0 Å². The number of rotatable bonds is 4. The Kier molecular flexibility index (Phi) is 4.92. The number of halogens is 1. The summed E-state index contributed by atoms with van der Waals surface area (Å²) in [7, 11) is 0. The molecule has 2 atom stereocenters. The van der Waals surface area contributed by atoms with Gasteiger partial charge in [-0.05, 0) is 55.2 Å². The molecule has 4 nitrogen and oxygen atoms in total. The highest BCUT2D eigenvalue weighted by Gasteiger charge is 2.42. The zero-order chi connectivity index (χ0) is 19.0. The van der Waals surface area contributed by atoms with Crippen molar-refractivity contribution < 1.29 is 9.59 Å². The third kappa shape index (κ3) is 3.86. The number of benzene rings is 2. The van der Waals surface area contributed by atoms with Gasteiger partial charge in [-0.3, -0.25) is 9.59 Å². The van der Waals surface area contributed by atoms with Crippen molar-refractivity contribution in [2.75, 3.05) is 13.1 Å². The molecular formula is C22H23ClN2O2. The van der Waals surface area contributed by atoms with E-state index in [9.17, 15) is 9.59 Å². The van der Waals surface area contributed by atoms with Gasteiger partial charge in [-0.2, -0.15) is 0 Å². The third-order valence-electron chi connectivity index (χ3n) is 5.55. The molecule has 1 aliphatic carbocycles. The van der Waals surface area contributed by atoms with E-state index in [1.54, 1.807) is 29.2 Å². The van der Waals surface area contributed by atoms with Gasteiger partial charge in [0.05, 0.1) is 5.92 Å². The standard InChI is InChI=1S/C22H23ClN2O2/c1-14-4-2-3-5-18(14)19-12-25(13-20(19)21(26)24-17-10-11-17)22(27)15-6-8-16(23)9-7-15/h2-9,17,19-20H,10-13H2,1H3,(H,24,26). The van der Waals surface area contributed by atoms with Gasteiger partial charge in [0.15, 0.2) is 0 Å². The smallest absolute Gasteiger partial charge is 0.253 e. The maximum absolute atomic E-state index is 13.0. The van der Waals surface area contributed by atoms with Crippen molar-refractivity contribution in [2.45, 2.75) is 31.7 Å². The number of carbonyl (C=O) groups excluding carboxylic acids is 2. The molecule has 1 saturated heterocycles. The van der Waals surface area contributed by atoms with Gasteiger partial charge < -0.3 is 10.2 Å². The zero-order valence-electron chi connectivity index (χ0n) is 15.3. The van der Waals surface area contributed by atoms with E-state index in [2.05, 4.69) is 24.4 Å². The van der Waals surface area contributed by atoms with Crippen molar-refractivity contribution in [2.24, 2.45) is 5.92 Å². The number of carbonyl (C=O) groups is 2. The number of aryl methyl sites for hydroxylation is 1. The topological polar surface area (TPSA) is 49.4 Å². The first kappa shape index (κ1) is 18.1. The highest BCUT2D eigenvalue weighted by atomic mass is 35.5. The molecule has 27 heavy (non-hydrogen) atoms. The van der Waals surface area contributed by atoms with Gasteiger partial charge in [0.2, 0.25) is 5.91 Å². The van der Waals surface area contributed by atoms with E-state index in [-0.39, 0.29) is 23.7 Å². The van der Waals surface area contributed by atoms with Crippen LogP contribution in [0.1, 0.15) is 40.2 Å². The summed E-state index contributed by atoms with van der Waals surface area (Å²) in [5.41, 5.74) is 2.92. The average molecular weight is 383 g/mol. The molecule has 2 aliphatic rings. The SMILES string of the molecule is Cc1ccccc1C1CN(C(=O)c2ccc(Cl)cc2)CC1C(=O)NC1CC1. The minimum atomic E-state index is -0.219. The molecule has 0 aromatic heterocycles. The molecule has 2 amide bonds. The molecular weight excluding hydrogens is 360 g/mol. The maximum atomic E-state index is 13.0. The quantitative estimate of drug-likeness (QED) is 0.874. The number of amides is 2. The number of likely N-dealkylation sites (tertiary alicyclic amines) is 1. The van der Waals surface area contributed by atoms with Gasteiger partial charge in [-0.25, -0.2) is 0 Å². The van der Waals surface area contributed by atoms with Crippen LogP contribution in [0.15, 0.2) is 48.5 Å². The molecule has 4 rings (SSSR count). The number of hydrogen-bond acceptors (Lipinski definition) is 2.